The Bertz CT molecular complexity index is 588. The number of methoxy groups -OCH3 is 1. The monoisotopic (exact) mass is 330 g/mol. The number of nitrogens with one attached hydrogen (secondary N) is 1. The zero-order chi connectivity index (χ0) is 16.9. The van der Waals surface area contributed by atoms with E-state index >= 15 is 0 Å². The van der Waals surface area contributed by atoms with Crippen molar-refractivity contribution in [3.05, 3.63) is 35.4 Å². The molecule has 0 saturated carbocycles. The molecule has 0 aliphatic carbocycles. The molecule has 2 aliphatic heterocycles. The molecule has 0 spiro atoms. The number of hydrogen-bond acceptors (Lipinski definition) is 4. The molecule has 24 heavy (non-hydrogen) atoms. The van der Waals surface area contributed by atoms with Gasteiger partial charge >= 0.3 is 5.97 Å². The Labute approximate surface area is 143 Å². The average molecular weight is 330 g/mol. The lowest BCUT2D eigenvalue weighted by molar-refractivity contribution is -0.146. The lowest BCUT2D eigenvalue weighted by Gasteiger charge is -2.32. The summed E-state index contributed by atoms with van der Waals surface area (Å²) in [7, 11) is 1.43. The minimum Gasteiger partial charge on any atom is -0.469 e. The number of rotatable bonds is 3. The third-order valence-electron chi connectivity index (χ3n) is 5.29. The van der Waals surface area contributed by atoms with E-state index in [0.717, 1.165) is 31.5 Å². The molecule has 2 fully saturated rings. The third kappa shape index (κ3) is 3.61. The molecule has 3 rings (SSSR count). The van der Waals surface area contributed by atoms with Crippen LogP contribution in [-0.2, 0) is 9.53 Å². The summed E-state index contributed by atoms with van der Waals surface area (Å²) < 4.78 is 4.82. The zero-order valence-corrected chi connectivity index (χ0v) is 14.3. The third-order valence-corrected chi connectivity index (χ3v) is 5.29. The normalized spacial score (nSPS) is 20.0. The Morgan fingerprint density at radius 2 is 1.75 bits per heavy atom. The lowest BCUT2D eigenvalue weighted by Crippen LogP contribution is -2.41. The van der Waals surface area contributed by atoms with Gasteiger partial charge < -0.3 is 15.0 Å². The fourth-order valence-corrected chi connectivity index (χ4v) is 3.84. The maximum absolute atomic E-state index is 13.0. The molecule has 1 amide bonds. The highest BCUT2D eigenvalue weighted by Crippen LogP contribution is 2.29. The summed E-state index contributed by atoms with van der Waals surface area (Å²) in [5.74, 6) is 0.336. The number of likely N-dealkylation sites (tertiary alicyclic amines) is 1. The molecule has 0 atom stereocenters. The van der Waals surface area contributed by atoms with Crippen LogP contribution in [0.2, 0.25) is 0 Å². The van der Waals surface area contributed by atoms with Crippen molar-refractivity contribution in [3.8, 4) is 0 Å². The summed E-state index contributed by atoms with van der Waals surface area (Å²) in [6, 6.07) is 8.02. The van der Waals surface area contributed by atoms with E-state index in [2.05, 4.69) is 11.4 Å². The lowest BCUT2D eigenvalue weighted by atomic mass is 9.86. The molecule has 5 nitrogen and oxygen atoms in total. The molecule has 130 valence electrons. The van der Waals surface area contributed by atoms with Crippen molar-refractivity contribution in [3.63, 3.8) is 0 Å². The molecule has 2 aliphatic rings. The number of nitrogens with zero attached hydrogens (tertiary/aromatic N) is 1. The largest absolute Gasteiger partial charge is 0.469 e. The van der Waals surface area contributed by atoms with Gasteiger partial charge in [0.05, 0.1) is 13.0 Å². The fraction of sp³-hybridized carbons (Fsp3) is 0.579. The first-order valence-electron chi connectivity index (χ1n) is 8.87. The maximum Gasteiger partial charge on any atom is 0.308 e. The molecular weight excluding hydrogens is 304 g/mol. The Balaban J connectivity index is 1.70. The fourth-order valence-electron chi connectivity index (χ4n) is 3.84. The van der Waals surface area contributed by atoms with Crippen molar-refractivity contribution in [2.45, 2.75) is 31.6 Å². The summed E-state index contributed by atoms with van der Waals surface area (Å²) in [5.41, 5.74) is 2.01. The van der Waals surface area contributed by atoms with Crippen molar-refractivity contribution in [1.29, 1.82) is 0 Å². The molecule has 1 N–H and O–H groups in total. The second-order valence-electron chi connectivity index (χ2n) is 6.70. The van der Waals surface area contributed by atoms with E-state index < -0.39 is 0 Å². The van der Waals surface area contributed by atoms with Gasteiger partial charge in [0.15, 0.2) is 0 Å². The smallest absolute Gasteiger partial charge is 0.308 e. The predicted octanol–water partition coefficient (Wildman–Crippen LogP) is 2.18. The van der Waals surface area contributed by atoms with Gasteiger partial charge in [-0.15, -0.1) is 0 Å². The second-order valence-corrected chi connectivity index (χ2v) is 6.70. The van der Waals surface area contributed by atoms with Gasteiger partial charge in [0.25, 0.3) is 5.91 Å². The molecule has 1 aromatic carbocycles. The van der Waals surface area contributed by atoms with Crippen molar-refractivity contribution in [1.82, 2.24) is 10.2 Å². The van der Waals surface area contributed by atoms with E-state index in [-0.39, 0.29) is 17.8 Å². The second kappa shape index (κ2) is 7.79. The van der Waals surface area contributed by atoms with Gasteiger partial charge in [-0.25, -0.2) is 0 Å². The van der Waals surface area contributed by atoms with Crippen LogP contribution in [0.15, 0.2) is 24.3 Å². The molecule has 0 aromatic heterocycles. The van der Waals surface area contributed by atoms with Crippen molar-refractivity contribution in [2.75, 3.05) is 33.3 Å². The Hall–Kier alpha value is -1.88. The number of carbonyl (C=O) groups excluding carboxylic acids is 2. The van der Waals surface area contributed by atoms with Gasteiger partial charge in [-0.2, -0.15) is 0 Å². The Morgan fingerprint density at radius 1 is 1.08 bits per heavy atom. The van der Waals surface area contributed by atoms with E-state index in [1.54, 1.807) is 0 Å². The number of esters is 1. The SMILES string of the molecule is COC(=O)C1CCN(C(=O)c2ccccc2C2CCNCC2)CC1. The zero-order valence-electron chi connectivity index (χ0n) is 14.3. The van der Waals surface area contributed by atoms with E-state index in [1.807, 2.05) is 23.1 Å². The molecule has 5 heteroatoms. The van der Waals surface area contributed by atoms with Crippen LogP contribution in [0.3, 0.4) is 0 Å². The highest BCUT2D eigenvalue weighted by molar-refractivity contribution is 5.96. The van der Waals surface area contributed by atoms with Gasteiger partial charge in [0, 0.05) is 18.7 Å². The molecule has 0 bridgehead atoms. The van der Waals surface area contributed by atoms with Crippen LogP contribution in [0.4, 0.5) is 0 Å². The first-order chi connectivity index (χ1) is 11.7. The summed E-state index contributed by atoms with van der Waals surface area (Å²) in [5, 5.41) is 3.38. The van der Waals surface area contributed by atoms with E-state index in [9.17, 15) is 9.59 Å². The van der Waals surface area contributed by atoms with Gasteiger partial charge in [-0.3, -0.25) is 9.59 Å². The van der Waals surface area contributed by atoms with E-state index in [4.69, 9.17) is 4.74 Å². The average Bonchev–Trinajstić information content (AvgIpc) is 2.67. The number of ether oxygens (including phenoxy) is 1. The summed E-state index contributed by atoms with van der Waals surface area (Å²) in [6.45, 7) is 3.27. The molecule has 0 unspecified atom stereocenters. The van der Waals surface area contributed by atoms with Crippen LogP contribution in [0.5, 0.6) is 0 Å². The highest BCUT2D eigenvalue weighted by atomic mass is 16.5. The van der Waals surface area contributed by atoms with E-state index in [1.165, 1.54) is 12.7 Å². The Kier molecular flexibility index (Phi) is 5.51. The number of amides is 1. The minimum atomic E-state index is -0.155. The van der Waals surface area contributed by atoms with Gasteiger partial charge in [-0.05, 0) is 56.3 Å². The van der Waals surface area contributed by atoms with Gasteiger partial charge in [-0.1, -0.05) is 18.2 Å². The number of benzene rings is 1. The van der Waals surface area contributed by atoms with E-state index in [0.29, 0.717) is 31.8 Å². The highest BCUT2D eigenvalue weighted by Gasteiger charge is 2.30. The number of hydrogen-bond donors (Lipinski definition) is 1. The molecule has 1 aromatic rings. The summed E-state index contributed by atoms with van der Waals surface area (Å²) in [4.78, 5) is 26.5. The topological polar surface area (TPSA) is 58.6 Å². The van der Waals surface area contributed by atoms with Crippen molar-refractivity contribution in [2.24, 2.45) is 5.92 Å². The molecule has 2 saturated heterocycles. The minimum absolute atomic E-state index is 0.0706. The van der Waals surface area contributed by atoms with Crippen LogP contribution in [0, 0.1) is 5.92 Å². The quantitative estimate of drug-likeness (QED) is 0.863. The van der Waals surface area contributed by atoms with Crippen molar-refractivity contribution >= 4 is 11.9 Å². The van der Waals surface area contributed by atoms with Gasteiger partial charge in [0.1, 0.15) is 0 Å². The van der Waals surface area contributed by atoms with Crippen LogP contribution in [0.25, 0.3) is 0 Å². The first-order valence-corrected chi connectivity index (χ1v) is 8.87. The van der Waals surface area contributed by atoms with Gasteiger partial charge in [0.2, 0.25) is 0 Å². The van der Waals surface area contributed by atoms with Crippen LogP contribution < -0.4 is 5.32 Å². The molecular formula is C19H26N2O3. The summed E-state index contributed by atoms with van der Waals surface area (Å²) >= 11 is 0. The molecule has 0 radical (unpaired) electrons. The van der Waals surface area contributed by atoms with Crippen LogP contribution >= 0.6 is 0 Å². The predicted molar refractivity (Wildman–Crippen MR) is 91.9 cm³/mol. The maximum atomic E-state index is 13.0. The van der Waals surface area contributed by atoms with Crippen LogP contribution in [-0.4, -0.2) is 50.1 Å². The number of piperidine rings is 2. The summed E-state index contributed by atoms with van der Waals surface area (Å²) in [6.07, 6.45) is 3.53. The molecule has 2 heterocycles. The van der Waals surface area contributed by atoms with Crippen LogP contribution in [0.1, 0.15) is 47.5 Å². The van der Waals surface area contributed by atoms with Crippen molar-refractivity contribution < 1.29 is 14.3 Å². The standard InChI is InChI=1S/C19H26N2O3/c1-24-19(23)15-8-12-21(13-9-15)18(22)17-5-3-2-4-16(17)14-6-10-20-11-7-14/h2-5,14-15,20H,6-13H2,1H3. The Morgan fingerprint density at radius 3 is 2.42 bits per heavy atom. The number of carbonyl (C=O) groups is 2. The first kappa shape index (κ1) is 17.0.